The maximum absolute atomic E-state index is 8.86. The monoisotopic (exact) mass is 351 g/mol. The van der Waals surface area contributed by atoms with Gasteiger partial charge in [0.25, 0.3) is 0 Å². The molecule has 0 amide bonds. The minimum atomic E-state index is -0.0273. The van der Waals surface area contributed by atoms with Crippen molar-refractivity contribution in [3.05, 3.63) is 47.5 Å². The van der Waals surface area contributed by atoms with E-state index in [-0.39, 0.29) is 25.6 Å². The van der Waals surface area contributed by atoms with Crippen molar-refractivity contribution in [1.82, 2.24) is 0 Å². The average molecular weight is 352 g/mol. The molecule has 24 heavy (non-hydrogen) atoms. The first-order chi connectivity index (χ1) is 11.2. The van der Waals surface area contributed by atoms with E-state index in [9.17, 15) is 0 Å². The first-order valence-electron chi connectivity index (χ1n) is 7.27. The van der Waals surface area contributed by atoms with E-state index >= 15 is 0 Å². The third-order valence-corrected chi connectivity index (χ3v) is 3.27. The van der Waals surface area contributed by atoms with Gasteiger partial charge >= 0.3 is 0 Å². The molecule has 6 heteroatoms. The van der Waals surface area contributed by atoms with E-state index in [1.807, 2.05) is 42.5 Å². The summed E-state index contributed by atoms with van der Waals surface area (Å²) in [7, 11) is 3.24. The Balaban J connectivity index is 0.00000288. The summed E-state index contributed by atoms with van der Waals surface area (Å²) in [5.41, 5.74) is 6.77. The molecule has 4 N–H and O–H groups in total. The summed E-state index contributed by atoms with van der Waals surface area (Å²) in [6.07, 6.45) is 3.95. The van der Waals surface area contributed by atoms with Gasteiger partial charge in [-0.3, -0.25) is 0 Å². The zero-order valence-electron chi connectivity index (χ0n) is 13.8. The third kappa shape index (κ3) is 5.45. The first kappa shape index (κ1) is 19.8. The maximum Gasteiger partial charge on any atom is 0.179 e. The van der Waals surface area contributed by atoms with Crippen molar-refractivity contribution in [2.75, 3.05) is 27.4 Å². The highest BCUT2D eigenvalue weighted by molar-refractivity contribution is 5.72. The van der Waals surface area contributed by atoms with Gasteiger partial charge in [-0.25, -0.2) is 0 Å². The van der Waals surface area contributed by atoms with E-state index < -0.39 is 0 Å². The first-order valence-corrected chi connectivity index (χ1v) is 7.27. The van der Waals surface area contributed by atoms with E-state index in [1.54, 1.807) is 20.3 Å². The van der Waals surface area contributed by atoms with Crippen LogP contribution in [-0.2, 0) is 0 Å². The SMILES string of the molecule is COc1cc(/C=C\c2ccc(OC)c([NH3+])c2)cc(OCCO)c1.[Cl-]. The van der Waals surface area contributed by atoms with E-state index in [0.29, 0.717) is 11.5 Å². The summed E-state index contributed by atoms with van der Waals surface area (Å²) in [5.74, 6) is 2.13. The average Bonchev–Trinajstić information content (AvgIpc) is 2.58. The van der Waals surface area contributed by atoms with Gasteiger partial charge in [-0.1, -0.05) is 18.2 Å². The molecule has 0 aliphatic carbocycles. The molecule has 2 aromatic carbocycles. The fourth-order valence-corrected chi connectivity index (χ4v) is 2.15. The molecule has 0 aliphatic rings. The van der Waals surface area contributed by atoms with Crippen LogP contribution in [0.1, 0.15) is 11.1 Å². The molecule has 5 nitrogen and oxygen atoms in total. The second-order valence-electron chi connectivity index (χ2n) is 4.92. The molecule has 0 aromatic heterocycles. The van der Waals surface area contributed by atoms with Crippen LogP contribution < -0.4 is 32.4 Å². The van der Waals surface area contributed by atoms with E-state index in [2.05, 4.69) is 5.73 Å². The van der Waals surface area contributed by atoms with Crippen LogP contribution in [0.4, 0.5) is 5.69 Å². The van der Waals surface area contributed by atoms with Crippen molar-refractivity contribution in [3.63, 3.8) is 0 Å². The van der Waals surface area contributed by atoms with E-state index in [1.165, 1.54) is 0 Å². The molecule has 0 spiro atoms. The molecular formula is C18H22ClNO4. The number of halogens is 1. The van der Waals surface area contributed by atoms with Gasteiger partial charge in [0.05, 0.1) is 20.8 Å². The second-order valence-corrected chi connectivity index (χ2v) is 4.92. The van der Waals surface area contributed by atoms with Crippen molar-refractivity contribution in [1.29, 1.82) is 0 Å². The number of ether oxygens (including phenoxy) is 3. The number of methoxy groups -OCH3 is 2. The lowest BCUT2D eigenvalue weighted by molar-refractivity contribution is -0.256. The van der Waals surface area contributed by atoms with Crippen molar-refractivity contribution in [3.8, 4) is 17.2 Å². The van der Waals surface area contributed by atoms with Crippen LogP contribution in [0, 0.1) is 0 Å². The standard InChI is InChI=1S/C18H21NO4.ClH/c1-21-15-9-14(10-16(12-15)23-8-7-20)4-3-13-5-6-18(22-2)17(19)11-13;/h3-6,9-12,20H,7-8,19H2,1-2H3;1H/b4-3-;. The molecular weight excluding hydrogens is 330 g/mol. The molecule has 0 saturated carbocycles. The summed E-state index contributed by atoms with van der Waals surface area (Å²) in [5, 5.41) is 8.86. The predicted octanol–water partition coefficient (Wildman–Crippen LogP) is -0.877. The van der Waals surface area contributed by atoms with Crippen LogP contribution in [0.5, 0.6) is 17.2 Å². The number of aliphatic hydroxyl groups is 1. The highest BCUT2D eigenvalue weighted by atomic mass is 35.5. The molecule has 0 bridgehead atoms. The van der Waals surface area contributed by atoms with Crippen LogP contribution in [-0.4, -0.2) is 32.5 Å². The Kier molecular flexibility index (Phi) is 8.12. The van der Waals surface area contributed by atoms with Crippen molar-refractivity contribution < 1.29 is 37.5 Å². The predicted molar refractivity (Wildman–Crippen MR) is 90.0 cm³/mol. The Hall–Kier alpha value is -2.21. The van der Waals surface area contributed by atoms with Gasteiger partial charge in [0.1, 0.15) is 18.1 Å². The Morgan fingerprint density at radius 1 is 0.958 bits per heavy atom. The van der Waals surface area contributed by atoms with Crippen molar-refractivity contribution in [2.45, 2.75) is 0 Å². The van der Waals surface area contributed by atoms with Gasteiger partial charge in [0.2, 0.25) is 0 Å². The summed E-state index contributed by atoms with van der Waals surface area (Å²) in [6, 6.07) is 11.4. The Labute approximate surface area is 148 Å². The number of aliphatic hydroxyl groups excluding tert-OH is 1. The second kappa shape index (κ2) is 9.82. The highest BCUT2D eigenvalue weighted by Gasteiger charge is 2.03. The fraction of sp³-hybridized carbons (Fsp3) is 0.222. The fourth-order valence-electron chi connectivity index (χ4n) is 2.15. The lowest BCUT2D eigenvalue weighted by Crippen LogP contribution is -3.00. The topological polar surface area (TPSA) is 75.6 Å². The molecule has 0 heterocycles. The minimum absolute atomic E-state index is 0. The summed E-state index contributed by atoms with van der Waals surface area (Å²) in [4.78, 5) is 0. The van der Waals surface area contributed by atoms with Gasteiger partial charge in [-0.2, -0.15) is 0 Å². The zero-order chi connectivity index (χ0) is 16.7. The number of hydrogen-bond acceptors (Lipinski definition) is 4. The number of rotatable bonds is 7. The summed E-state index contributed by atoms with van der Waals surface area (Å²) < 4.78 is 15.9. The minimum Gasteiger partial charge on any atom is -1.00 e. The molecule has 0 radical (unpaired) electrons. The molecule has 0 fully saturated rings. The largest absolute Gasteiger partial charge is 1.00 e. The molecule has 0 saturated heterocycles. The smallest absolute Gasteiger partial charge is 0.179 e. The lowest BCUT2D eigenvalue weighted by atomic mass is 10.1. The molecule has 2 rings (SSSR count). The van der Waals surface area contributed by atoms with Gasteiger partial charge in [0.15, 0.2) is 11.4 Å². The van der Waals surface area contributed by atoms with Gasteiger partial charge in [-0.05, 0) is 29.3 Å². The molecule has 0 aliphatic heterocycles. The quantitative estimate of drug-likeness (QED) is 0.635. The number of benzene rings is 2. The molecule has 130 valence electrons. The van der Waals surface area contributed by atoms with Crippen molar-refractivity contribution >= 4 is 17.8 Å². The van der Waals surface area contributed by atoms with E-state index in [0.717, 1.165) is 22.6 Å². The van der Waals surface area contributed by atoms with Crippen LogP contribution in [0.15, 0.2) is 36.4 Å². The van der Waals surface area contributed by atoms with Crippen LogP contribution in [0.3, 0.4) is 0 Å². The molecule has 0 unspecified atom stereocenters. The summed E-state index contributed by atoms with van der Waals surface area (Å²) in [6.45, 7) is 0.222. The van der Waals surface area contributed by atoms with Gasteiger partial charge in [-0.15, -0.1) is 0 Å². The normalized spacial score (nSPS) is 10.3. The molecule has 0 atom stereocenters. The Morgan fingerprint density at radius 2 is 1.67 bits per heavy atom. The van der Waals surface area contributed by atoms with Crippen LogP contribution in [0.2, 0.25) is 0 Å². The highest BCUT2D eigenvalue weighted by Crippen LogP contribution is 2.25. The summed E-state index contributed by atoms with van der Waals surface area (Å²) >= 11 is 0. The molecule has 2 aromatic rings. The Morgan fingerprint density at radius 3 is 2.29 bits per heavy atom. The number of hydrogen-bond donors (Lipinski definition) is 2. The van der Waals surface area contributed by atoms with Crippen LogP contribution in [0.25, 0.3) is 12.2 Å². The number of quaternary nitrogens is 1. The van der Waals surface area contributed by atoms with Crippen molar-refractivity contribution in [2.24, 2.45) is 0 Å². The zero-order valence-corrected chi connectivity index (χ0v) is 14.5. The third-order valence-electron chi connectivity index (χ3n) is 3.27. The van der Waals surface area contributed by atoms with Gasteiger partial charge < -0.3 is 37.5 Å². The Bertz CT molecular complexity index is 689. The van der Waals surface area contributed by atoms with Gasteiger partial charge in [0, 0.05) is 12.1 Å². The van der Waals surface area contributed by atoms with Crippen LogP contribution >= 0.6 is 0 Å². The van der Waals surface area contributed by atoms with E-state index in [4.69, 9.17) is 19.3 Å². The maximum atomic E-state index is 8.86. The lowest BCUT2D eigenvalue weighted by Gasteiger charge is -2.08.